The van der Waals surface area contributed by atoms with Crippen LogP contribution in [-0.4, -0.2) is 11.5 Å². The van der Waals surface area contributed by atoms with Crippen LogP contribution in [0.25, 0.3) is 65.8 Å². The molecule has 0 bridgehead atoms. The van der Waals surface area contributed by atoms with Gasteiger partial charge in [0.05, 0.1) is 0 Å². The van der Waals surface area contributed by atoms with Crippen molar-refractivity contribution in [3.05, 3.63) is 163 Å². The van der Waals surface area contributed by atoms with E-state index in [9.17, 15) is 0 Å². The van der Waals surface area contributed by atoms with E-state index in [1.165, 1.54) is 76.8 Å². The standard InChI is InChI=1S/C44H36N2/c1-44(2,3)36-18-16-30(17-19-36)42-37-8-4-6-10-39(37)43(40-11-7-5-9-38(40)42)35-15-13-31-26-34(14-12-32(31)27-35)41-28-33(22-25-46-41)29-20-23-45-24-21-29/h4-24,26-28,46H,25H2,1-3H3. The molecule has 0 atom stereocenters. The third kappa shape index (κ3) is 4.97. The normalized spacial score (nSPS) is 13.5. The molecule has 1 aliphatic heterocycles. The highest BCUT2D eigenvalue weighted by Gasteiger charge is 2.18. The van der Waals surface area contributed by atoms with Crippen molar-refractivity contribution in [1.82, 2.24) is 10.3 Å². The molecular weight excluding hydrogens is 556 g/mol. The molecule has 2 heteroatoms. The zero-order valence-electron chi connectivity index (χ0n) is 26.5. The number of rotatable bonds is 4. The molecule has 1 N–H and O–H groups in total. The highest BCUT2D eigenvalue weighted by atomic mass is 14.9. The van der Waals surface area contributed by atoms with E-state index in [0.29, 0.717) is 0 Å². The van der Waals surface area contributed by atoms with Crippen molar-refractivity contribution in [2.24, 2.45) is 0 Å². The summed E-state index contributed by atoms with van der Waals surface area (Å²) in [6.45, 7) is 7.62. The van der Waals surface area contributed by atoms with Gasteiger partial charge in [0.2, 0.25) is 0 Å². The summed E-state index contributed by atoms with van der Waals surface area (Å²) in [6, 6.07) is 44.8. The zero-order chi connectivity index (χ0) is 31.3. The van der Waals surface area contributed by atoms with Crippen LogP contribution in [0.15, 0.2) is 146 Å². The largest absolute Gasteiger partial charge is 0.381 e. The molecule has 8 rings (SSSR count). The summed E-state index contributed by atoms with van der Waals surface area (Å²) in [5.74, 6) is 0. The van der Waals surface area contributed by atoms with Gasteiger partial charge in [-0.25, -0.2) is 0 Å². The second kappa shape index (κ2) is 11.2. The second-order valence-corrected chi connectivity index (χ2v) is 13.3. The lowest BCUT2D eigenvalue weighted by atomic mass is 9.83. The molecule has 6 aromatic carbocycles. The van der Waals surface area contributed by atoms with Crippen molar-refractivity contribution < 1.29 is 0 Å². The van der Waals surface area contributed by atoms with E-state index in [2.05, 4.69) is 165 Å². The molecule has 0 saturated heterocycles. The molecule has 2 heterocycles. The number of pyridine rings is 1. The summed E-state index contributed by atoms with van der Waals surface area (Å²) < 4.78 is 0. The molecule has 0 fully saturated rings. The number of hydrogen-bond donors (Lipinski definition) is 1. The topological polar surface area (TPSA) is 24.9 Å². The number of hydrogen-bond acceptors (Lipinski definition) is 2. The molecule has 0 aliphatic carbocycles. The number of nitrogens with zero attached hydrogens (tertiary/aromatic N) is 1. The van der Waals surface area contributed by atoms with Gasteiger partial charge in [-0.1, -0.05) is 124 Å². The van der Waals surface area contributed by atoms with Crippen molar-refractivity contribution in [2.45, 2.75) is 26.2 Å². The van der Waals surface area contributed by atoms with Crippen molar-refractivity contribution in [2.75, 3.05) is 6.54 Å². The number of nitrogens with one attached hydrogen (secondary N) is 1. The Hall–Kier alpha value is -5.47. The SMILES string of the molecule is CC(C)(C)c1ccc(-c2c3ccccc3c(-c3ccc4cc(C5=CC(c6ccncc6)=CCN5)ccc4c3)c3ccccc23)cc1. The average Bonchev–Trinajstić information content (AvgIpc) is 3.10. The van der Waals surface area contributed by atoms with Crippen LogP contribution in [0.1, 0.15) is 37.5 Å². The Morgan fingerprint density at radius 1 is 0.543 bits per heavy atom. The molecule has 0 unspecified atom stereocenters. The molecule has 222 valence electrons. The molecule has 46 heavy (non-hydrogen) atoms. The van der Waals surface area contributed by atoms with E-state index in [4.69, 9.17) is 0 Å². The van der Waals surface area contributed by atoms with Gasteiger partial charge in [0, 0.05) is 24.6 Å². The summed E-state index contributed by atoms with van der Waals surface area (Å²) in [5, 5.41) is 11.2. The molecule has 1 aromatic heterocycles. The number of benzene rings is 6. The zero-order valence-corrected chi connectivity index (χ0v) is 26.5. The van der Waals surface area contributed by atoms with Gasteiger partial charge in [0.15, 0.2) is 0 Å². The lowest BCUT2D eigenvalue weighted by Gasteiger charge is -2.21. The number of dihydropyridines is 1. The summed E-state index contributed by atoms with van der Waals surface area (Å²) in [7, 11) is 0. The minimum atomic E-state index is 0.118. The Kier molecular flexibility index (Phi) is 6.80. The van der Waals surface area contributed by atoms with E-state index < -0.39 is 0 Å². The predicted octanol–water partition coefficient (Wildman–Crippen LogP) is 11.2. The van der Waals surface area contributed by atoms with E-state index in [1.807, 2.05) is 12.4 Å². The van der Waals surface area contributed by atoms with Crippen LogP contribution in [0, 0.1) is 0 Å². The first-order valence-corrected chi connectivity index (χ1v) is 16.1. The third-order valence-corrected chi connectivity index (χ3v) is 9.34. The summed E-state index contributed by atoms with van der Waals surface area (Å²) >= 11 is 0. The Labute approximate surface area is 270 Å². The number of fused-ring (bicyclic) bond motifs is 3. The molecule has 2 nitrogen and oxygen atoms in total. The molecule has 7 aromatic rings. The molecule has 1 aliphatic rings. The van der Waals surface area contributed by atoms with Gasteiger partial charge in [-0.3, -0.25) is 4.98 Å². The Morgan fingerprint density at radius 3 is 1.65 bits per heavy atom. The minimum Gasteiger partial charge on any atom is -0.381 e. The van der Waals surface area contributed by atoms with E-state index >= 15 is 0 Å². The van der Waals surface area contributed by atoms with Crippen LogP contribution in [-0.2, 0) is 5.41 Å². The van der Waals surface area contributed by atoms with Gasteiger partial charge in [-0.15, -0.1) is 0 Å². The van der Waals surface area contributed by atoms with Crippen LogP contribution >= 0.6 is 0 Å². The fourth-order valence-electron chi connectivity index (χ4n) is 6.92. The first kappa shape index (κ1) is 28.0. The average molecular weight is 593 g/mol. The second-order valence-electron chi connectivity index (χ2n) is 13.3. The first-order chi connectivity index (χ1) is 22.4. The third-order valence-electron chi connectivity index (χ3n) is 9.34. The fourth-order valence-corrected chi connectivity index (χ4v) is 6.92. The van der Waals surface area contributed by atoms with Gasteiger partial charge < -0.3 is 5.32 Å². The Morgan fingerprint density at radius 2 is 1.07 bits per heavy atom. The summed E-state index contributed by atoms with van der Waals surface area (Å²) in [4.78, 5) is 4.18. The Balaban J connectivity index is 1.24. The van der Waals surface area contributed by atoms with Gasteiger partial charge in [-0.2, -0.15) is 0 Å². The van der Waals surface area contributed by atoms with Crippen LogP contribution in [0.3, 0.4) is 0 Å². The molecule has 0 radical (unpaired) electrons. The quantitative estimate of drug-likeness (QED) is 0.206. The Bertz CT molecular complexity index is 2260. The molecular formula is C44H36N2. The summed E-state index contributed by atoms with van der Waals surface area (Å²) in [5.41, 5.74) is 11.3. The lowest BCUT2D eigenvalue weighted by Crippen LogP contribution is -2.16. The maximum absolute atomic E-state index is 4.18. The van der Waals surface area contributed by atoms with Gasteiger partial charge in [0.1, 0.15) is 0 Å². The van der Waals surface area contributed by atoms with Crippen LogP contribution in [0.2, 0.25) is 0 Å². The van der Waals surface area contributed by atoms with E-state index in [1.54, 1.807) is 0 Å². The predicted molar refractivity (Wildman–Crippen MR) is 197 cm³/mol. The minimum absolute atomic E-state index is 0.118. The van der Waals surface area contributed by atoms with E-state index in [0.717, 1.165) is 12.2 Å². The fraction of sp³-hybridized carbons (Fsp3) is 0.114. The van der Waals surface area contributed by atoms with Crippen molar-refractivity contribution in [1.29, 1.82) is 0 Å². The highest BCUT2D eigenvalue weighted by molar-refractivity contribution is 6.21. The maximum atomic E-state index is 4.18. The van der Waals surface area contributed by atoms with Crippen molar-refractivity contribution in [3.8, 4) is 22.3 Å². The van der Waals surface area contributed by atoms with Crippen LogP contribution in [0.5, 0.6) is 0 Å². The maximum Gasteiger partial charge on any atom is 0.0422 e. The molecule has 0 amide bonds. The monoisotopic (exact) mass is 592 g/mol. The first-order valence-electron chi connectivity index (χ1n) is 16.1. The van der Waals surface area contributed by atoms with Crippen LogP contribution < -0.4 is 5.32 Å². The summed E-state index contributed by atoms with van der Waals surface area (Å²) in [6.07, 6.45) is 8.17. The smallest absolute Gasteiger partial charge is 0.0422 e. The highest BCUT2D eigenvalue weighted by Crippen LogP contribution is 2.44. The van der Waals surface area contributed by atoms with Crippen LogP contribution in [0.4, 0.5) is 0 Å². The number of aromatic nitrogens is 1. The number of allylic oxidation sites excluding steroid dienone is 2. The molecule has 0 spiro atoms. The van der Waals surface area contributed by atoms with Gasteiger partial charge in [-0.05, 0) is 113 Å². The van der Waals surface area contributed by atoms with Crippen molar-refractivity contribution in [3.63, 3.8) is 0 Å². The lowest BCUT2D eigenvalue weighted by molar-refractivity contribution is 0.590. The molecule has 0 saturated carbocycles. The van der Waals surface area contributed by atoms with Gasteiger partial charge >= 0.3 is 0 Å². The van der Waals surface area contributed by atoms with Crippen molar-refractivity contribution >= 4 is 43.6 Å². The van der Waals surface area contributed by atoms with Gasteiger partial charge in [0.25, 0.3) is 0 Å². The van der Waals surface area contributed by atoms with E-state index in [-0.39, 0.29) is 5.41 Å².